The first-order valence-corrected chi connectivity index (χ1v) is 9.48. The minimum Gasteiger partial charge on any atom is -0.371 e. The van der Waals surface area contributed by atoms with E-state index in [9.17, 15) is 9.90 Å². The van der Waals surface area contributed by atoms with Crippen molar-refractivity contribution < 1.29 is 9.90 Å². The predicted octanol–water partition coefficient (Wildman–Crippen LogP) is 2.47. The number of benzene rings is 2. The van der Waals surface area contributed by atoms with Gasteiger partial charge in [0.05, 0.1) is 12.5 Å². The van der Waals surface area contributed by atoms with E-state index < -0.39 is 11.8 Å². The van der Waals surface area contributed by atoms with Crippen molar-refractivity contribution in [3.05, 3.63) is 71.3 Å². The molecule has 1 aliphatic rings. The number of rotatable bonds is 6. The lowest BCUT2D eigenvalue weighted by Crippen LogP contribution is -2.48. The van der Waals surface area contributed by atoms with Crippen molar-refractivity contribution in [2.75, 3.05) is 0 Å². The summed E-state index contributed by atoms with van der Waals surface area (Å²) in [5.41, 5.74) is 8.29. The second-order valence-corrected chi connectivity index (χ2v) is 7.69. The number of aryl methyl sites for hydroxylation is 1. The molecule has 3 atom stereocenters. The van der Waals surface area contributed by atoms with Gasteiger partial charge in [-0.05, 0) is 31.9 Å². The van der Waals surface area contributed by atoms with E-state index in [1.54, 1.807) is 11.8 Å². The Kier molecular flexibility index (Phi) is 5.70. The van der Waals surface area contributed by atoms with Gasteiger partial charge in [-0.25, -0.2) is 4.99 Å². The van der Waals surface area contributed by atoms with Crippen LogP contribution in [-0.4, -0.2) is 33.6 Å². The molecule has 28 heavy (non-hydrogen) atoms. The van der Waals surface area contributed by atoms with Gasteiger partial charge >= 0.3 is 0 Å². The van der Waals surface area contributed by atoms with Crippen LogP contribution in [0.2, 0.25) is 0 Å². The Hall–Kier alpha value is -2.86. The van der Waals surface area contributed by atoms with Crippen molar-refractivity contribution in [2.45, 2.75) is 51.5 Å². The van der Waals surface area contributed by atoms with E-state index in [4.69, 9.17) is 5.73 Å². The van der Waals surface area contributed by atoms with Crippen LogP contribution in [0.4, 0.5) is 0 Å². The molecule has 0 aromatic heterocycles. The third kappa shape index (κ3) is 4.34. The average Bonchev–Trinajstić information content (AvgIpc) is 2.85. The highest BCUT2D eigenvalue weighted by Gasteiger charge is 2.45. The number of guanidine groups is 1. The van der Waals surface area contributed by atoms with E-state index in [1.807, 2.05) is 68.4 Å². The van der Waals surface area contributed by atoms with E-state index >= 15 is 0 Å². The number of aliphatic hydroxyl groups is 1. The Morgan fingerprint density at radius 1 is 1.29 bits per heavy atom. The van der Waals surface area contributed by atoms with Gasteiger partial charge in [-0.3, -0.25) is 4.79 Å². The lowest BCUT2D eigenvalue weighted by molar-refractivity contribution is -0.124. The summed E-state index contributed by atoms with van der Waals surface area (Å²) in [4.78, 5) is 18.7. The summed E-state index contributed by atoms with van der Waals surface area (Å²) in [6.45, 7) is 6.15. The maximum absolute atomic E-state index is 12.6. The van der Waals surface area contributed by atoms with Gasteiger partial charge < -0.3 is 21.1 Å². The Bertz CT molecular complexity index is 868. The summed E-state index contributed by atoms with van der Waals surface area (Å²) in [7, 11) is 0. The number of hydrogen-bond acceptors (Lipinski definition) is 5. The number of carbonyl (C=O) groups is 1. The summed E-state index contributed by atoms with van der Waals surface area (Å²) in [5, 5.41) is 13.8. The molecular formula is C22H28N4O2. The summed E-state index contributed by atoms with van der Waals surface area (Å²) in [5.74, 6) is 0.0762. The van der Waals surface area contributed by atoms with Crippen LogP contribution in [0.3, 0.4) is 0 Å². The average molecular weight is 380 g/mol. The second kappa shape index (κ2) is 8.02. The highest BCUT2D eigenvalue weighted by atomic mass is 16.3. The van der Waals surface area contributed by atoms with E-state index in [0.717, 1.165) is 16.7 Å². The molecule has 0 fully saturated rings. The van der Waals surface area contributed by atoms with Gasteiger partial charge in [0.2, 0.25) is 5.91 Å². The highest BCUT2D eigenvalue weighted by Crippen LogP contribution is 2.30. The van der Waals surface area contributed by atoms with Crippen LogP contribution in [-0.2, 0) is 11.3 Å². The van der Waals surface area contributed by atoms with Gasteiger partial charge in [-0.15, -0.1) is 0 Å². The Labute approximate surface area is 166 Å². The molecule has 0 radical (unpaired) electrons. The Morgan fingerprint density at radius 2 is 2.00 bits per heavy atom. The first-order valence-electron chi connectivity index (χ1n) is 9.48. The molecule has 0 bridgehead atoms. The molecule has 3 unspecified atom stereocenters. The molecule has 0 aliphatic carbocycles. The summed E-state index contributed by atoms with van der Waals surface area (Å²) in [6, 6.07) is 17.6. The van der Waals surface area contributed by atoms with Crippen LogP contribution in [0, 0.1) is 6.92 Å². The molecule has 1 aliphatic heterocycles. The number of aliphatic imine (C=N–C) groups is 1. The minimum absolute atomic E-state index is 0.0519. The maximum Gasteiger partial charge on any atom is 0.223 e. The van der Waals surface area contributed by atoms with Gasteiger partial charge in [0.1, 0.15) is 5.54 Å². The van der Waals surface area contributed by atoms with Crippen LogP contribution >= 0.6 is 0 Å². The molecule has 0 saturated carbocycles. The SMILES string of the molecule is Cc1cccc(CN2C(N)=NC(C)(CC(=O)NC(C)c3ccccc3)C2O)c1. The molecule has 0 spiro atoms. The van der Waals surface area contributed by atoms with Crippen molar-refractivity contribution in [1.82, 2.24) is 10.2 Å². The van der Waals surface area contributed by atoms with E-state index in [1.165, 1.54) is 0 Å². The minimum atomic E-state index is -0.992. The second-order valence-electron chi connectivity index (χ2n) is 7.69. The molecule has 1 amide bonds. The molecule has 2 aromatic carbocycles. The first kappa shape index (κ1) is 19.9. The zero-order chi connectivity index (χ0) is 20.3. The Balaban J connectivity index is 1.66. The third-order valence-corrected chi connectivity index (χ3v) is 5.15. The van der Waals surface area contributed by atoms with Crippen LogP contribution < -0.4 is 11.1 Å². The molecule has 6 heteroatoms. The number of nitrogens with one attached hydrogen (secondary N) is 1. The molecule has 148 valence electrons. The van der Waals surface area contributed by atoms with Crippen molar-refractivity contribution in [3.8, 4) is 0 Å². The molecular weight excluding hydrogens is 352 g/mol. The van der Waals surface area contributed by atoms with Crippen LogP contribution in [0.1, 0.15) is 43.0 Å². The quantitative estimate of drug-likeness (QED) is 0.718. The number of hydrogen-bond donors (Lipinski definition) is 3. The number of nitrogens with zero attached hydrogens (tertiary/aromatic N) is 2. The summed E-state index contributed by atoms with van der Waals surface area (Å²) < 4.78 is 0. The van der Waals surface area contributed by atoms with Crippen molar-refractivity contribution >= 4 is 11.9 Å². The van der Waals surface area contributed by atoms with E-state index in [-0.39, 0.29) is 24.3 Å². The van der Waals surface area contributed by atoms with Crippen LogP contribution in [0.15, 0.2) is 59.6 Å². The number of nitrogens with two attached hydrogens (primary N) is 1. The first-order chi connectivity index (χ1) is 13.3. The lowest BCUT2D eigenvalue weighted by atomic mass is 9.95. The van der Waals surface area contributed by atoms with Crippen molar-refractivity contribution in [3.63, 3.8) is 0 Å². The lowest BCUT2D eigenvalue weighted by Gasteiger charge is -2.31. The fourth-order valence-electron chi connectivity index (χ4n) is 3.59. The van der Waals surface area contributed by atoms with Crippen molar-refractivity contribution in [1.29, 1.82) is 0 Å². The van der Waals surface area contributed by atoms with Crippen LogP contribution in [0.5, 0.6) is 0 Å². The maximum atomic E-state index is 12.6. The largest absolute Gasteiger partial charge is 0.371 e. The summed E-state index contributed by atoms with van der Waals surface area (Å²) in [6.07, 6.45) is -0.915. The third-order valence-electron chi connectivity index (χ3n) is 5.15. The van der Waals surface area contributed by atoms with Gasteiger partial charge in [0.25, 0.3) is 0 Å². The number of amides is 1. The van der Waals surface area contributed by atoms with Gasteiger partial charge in [-0.1, -0.05) is 60.2 Å². The monoisotopic (exact) mass is 380 g/mol. The molecule has 1 heterocycles. The molecule has 4 N–H and O–H groups in total. The fourth-order valence-corrected chi connectivity index (χ4v) is 3.59. The topological polar surface area (TPSA) is 91.0 Å². The van der Waals surface area contributed by atoms with Gasteiger partial charge in [0.15, 0.2) is 12.2 Å². The van der Waals surface area contributed by atoms with E-state index in [0.29, 0.717) is 6.54 Å². The highest BCUT2D eigenvalue weighted by molar-refractivity contribution is 5.84. The van der Waals surface area contributed by atoms with E-state index in [2.05, 4.69) is 10.3 Å². The summed E-state index contributed by atoms with van der Waals surface area (Å²) >= 11 is 0. The molecule has 2 aromatic rings. The zero-order valence-electron chi connectivity index (χ0n) is 16.6. The molecule has 6 nitrogen and oxygen atoms in total. The predicted molar refractivity (Wildman–Crippen MR) is 110 cm³/mol. The fraction of sp³-hybridized carbons (Fsp3) is 0.364. The number of aliphatic hydroxyl groups excluding tert-OH is 1. The van der Waals surface area contributed by atoms with Gasteiger partial charge in [0, 0.05) is 6.54 Å². The zero-order valence-corrected chi connectivity index (χ0v) is 16.6. The molecule has 3 rings (SSSR count). The van der Waals surface area contributed by atoms with Crippen molar-refractivity contribution in [2.24, 2.45) is 10.7 Å². The Morgan fingerprint density at radius 3 is 2.68 bits per heavy atom. The van der Waals surface area contributed by atoms with Crippen LogP contribution in [0.25, 0.3) is 0 Å². The van der Waals surface area contributed by atoms with Gasteiger partial charge in [-0.2, -0.15) is 0 Å². The smallest absolute Gasteiger partial charge is 0.223 e. The number of carbonyl (C=O) groups excluding carboxylic acids is 1. The standard InChI is InChI=1S/C22H28N4O2/c1-15-8-7-9-17(12-15)14-26-20(28)22(3,25-21(26)23)13-19(27)24-16(2)18-10-5-4-6-11-18/h4-12,16,20,28H,13-14H2,1-3H3,(H2,23,25)(H,24,27). The normalized spacial score (nSPS) is 22.6. The molecule has 0 saturated heterocycles.